The lowest BCUT2D eigenvalue weighted by molar-refractivity contribution is -0.144. The lowest BCUT2D eigenvalue weighted by atomic mass is 10.3. The fourth-order valence-electron chi connectivity index (χ4n) is 0.950. The average molecular weight is 390 g/mol. The molecule has 0 unspecified atom stereocenters. The smallest absolute Gasteiger partial charge is 0.370 e. The van der Waals surface area contributed by atoms with Crippen LogP contribution in [0.15, 0.2) is 17.1 Å². The van der Waals surface area contributed by atoms with Gasteiger partial charge in [0.25, 0.3) is 5.82 Å². The third-order valence-electron chi connectivity index (χ3n) is 1.76. The molecule has 0 saturated carbocycles. The van der Waals surface area contributed by atoms with E-state index in [0.717, 1.165) is 5.57 Å². The molecule has 10 heteroatoms. The number of H-pyrrole nitrogens is 1. The molecule has 0 saturated heterocycles. The molecule has 1 aromatic rings. The van der Waals surface area contributed by atoms with Crippen molar-refractivity contribution in [3.63, 3.8) is 0 Å². The maximum absolute atomic E-state index is 12.2. The number of alkyl halides is 3. The van der Waals surface area contributed by atoms with Gasteiger partial charge in [-0.3, -0.25) is 5.10 Å². The number of nitrogens with zero attached hydrogens (tertiary/aromatic N) is 3. The minimum Gasteiger partial charge on any atom is -0.370 e. The molecule has 1 rings (SSSR count). The summed E-state index contributed by atoms with van der Waals surface area (Å²) in [5, 5.41) is 7.91. The third-order valence-corrected chi connectivity index (χ3v) is 1.76. The van der Waals surface area contributed by atoms with Crippen LogP contribution in [0.5, 0.6) is 0 Å². The van der Waals surface area contributed by atoms with E-state index in [2.05, 4.69) is 32.1 Å². The van der Waals surface area contributed by atoms with Gasteiger partial charge in [0.1, 0.15) is 12.4 Å². The number of hydrogen-bond acceptors (Lipinski definition) is 3. The second kappa shape index (κ2) is 7.31. The van der Waals surface area contributed by atoms with Gasteiger partial charge in [-0.25, -0.2) is 9.98 Å². The fourth-order valence-corrected chi connectivity index (χ4v) is 0.950. The number of rotatable bonds is 4. The lowest BCUT2D eigenvalue weighted by Crippen LogP contribution is -2.32. The van der Waals surface area contributed by atoms with Crippen LogP contribution < -0.4 is 11.1 Å². The van der Waals surface area contributed by atoms with Crippen molar-refractivity contribution in [3.8, 4) is 0 Å². The van der Waals surface area contributed by atoms with Gasteiger partial charge in [0.05, 0.1) is 0 Å². The molecule has 0 aliphatic heterocycles. The summed E-state index contributed by atoms with van der Waals surface area (Å²) in [6, 6.07) is 0. The summed E-state index contributed by atoms with van der Waals surface area (Å²) in [6.07, 6.45) is -4.57. The molecular weight excluding hydrogens is 376 g/mol. The van der Waals surface area contributed by atoms with Crippen molar-refractivity contribution < 1.29 is 13.2 Å². The van der Waals surface area contributed by atoms with E-state index >= 15 is 0 Å². The highest BCUT2D eigenvalue weighted by Gasteiger charge is 2.35. The molecule has 0 aliphatic rings. The van der Waals surface area contributed by atoms with Crippen molar-refractivity contribution in [2.45, 2.75) is 19.6 Å². The normalized spacial score (nSPS) is 11.9. The Labute approximate surface area is 124 Å². The Morgan fingerprint density at radius 3 is 2.63 bits per heavy atom. The zero-order valence-corrected chi connectivity index (χ0v) is 12.4. The number of aromatic amines is 1. The molecule has 0 radical (unpaired) electrons. The van der Waals surface area contributed by atoms with Gasteiger partial charge in [-0.05, 0) is 6.92 Å². The predicted molar refractivity (Wildman–Crippen MR) is 74.9 cm³/mol. The molecule has 0 fully saturated rings. The Kier molecular flexibility index (Phi) is 6.79. The number of halogens is 4. The van der Waals surface area contributed by atoms with Gasteiger partial charge >= 0.3 is 6.18 Å². The standard InChI is InChI=1S/C9H13F3N6.HI/c1-5(2)3-14-8(13)15-4-6-16-7(18-17-6)9(10,11)12;/h1,3-4H2,2H3,(H3,13,14,15)(H,16,17,18);1H. The van der Waals surface area contributed by atoms with E-state index in [1.54, 1.807) is 6.92 Å². The van der Waals surface area contributed by atoms with Crippen molar-refractivity contribution in [2.75, 3.05) is 6.54 Å². The topological polar surface area (TPSA) is 92.0 Å². The summed E-state index contributed by atoms with van der Waals surface area (Å²) < 4.78 is 36.5. The summed E-state index contributed by atoms with van der Waals surface area (Å²) >= 11 is 0. The van der Waals surface area contributed by atoms with E-state index in [9.17, 15) is 13.2 Å². The van der Waals surface area contributed by atoms with Gasteiger partial charge in [0.2, 0.25) is 0 Å². The second-order valence-electron chi connectivity index (χ2n) is 3.62. The molecule has 108 valence electrons. The Balaban J connectivity index is 0.00000324. The Morgan fingerprint density at radius 1 is 1.53 bits per heavy atom. The molecule has 0 spiro atoms. The first-order valence-corrected chi connectivity index (χ1v) is 4.95. The van der Waals surface area contributed by atoms with Gasteiger partial charge in [-0.2, -0.15) is 13.2 Å². The van der Waals surface area contributed by atoms with E-state index in [1.165, 1.54) is 0 Å². The van der Waals surface area contributed by atoms with Crippen molar-refractivity contribution in [1.29, 1.82) is 0 Å². The second-order valence-corrected chi connectivity index (χ2v) is 3.62. The fraction of sp³-hybridized carbons (Fsp3) is 0.444. The molecule has 0 bridgehead atoms. The zero-order chi connectivity index (χ0) is 13.8. The first-order chi connectivity index (χ1) is 8.29. The minimum absolute atomic E-state index is 0. The molecule has 19 heavy (non-hydrogen) atoms. The molecule has 1 heterocycles. The maximum Gasteiger partial charge on any atom is 0.453 e. The van der Waals surface area contributed by atoms with Crippen molar-refractivity contribution in [2.24, 2.45) is 10.7 Å². The van der Waals surface area contributed by atoms with Crippen LogP contribution in [0.1, 0.15) is 18.6 Å². The summed E-state index contributed by atoms with van der Waals surface area (Å²) in [5.41, 5.74) is 6.33. The molecule has 1 aromatic heterocycles. The summed E-state index contributed by atoms with van der Waals surface area (Å²) in [4.78, 5) is 7.05. The first-order valence-electron chi connectivity index (χ1n) is 4.95. The third kappa shape index (κ3) is 6.40. The van der Waals surface area contributed by atoms with Crippen LogP contribution in [0.2, 0.25) is 0 Å². The van der Waals surface area contributed by atoms with Crippen molar-refractivity contribution in [1.82, 2.24) is 20.5 Å². The summed E-state index contributed by atoms with van der Waals surface area (Å²) in [7, 11) is 0. The number of nitrogens with two attached hydrogens (primary N) is 1. The quantitative estimate of drug-likeness (QED) is 0.314. The molecule has 4 N–H and O–H groups in total. The maximum atomic E-state index is 12.2. The highest BCUT2D eigenvalue weighted by molar-refractivity contribution is 14.0. The number of hydrogen-bond donors (Lipinski definition) is 3. The van der Waals surface area contributed by atoms with Crippen molar-refractivity contribution >= 4 is 29.9 Å². The molecular formula is C9H14F3IN6. The van der Waals surface area contributed by atoms with Gasteiger partial charge in [-0.1, -0.05) is 12.2 Å². The molecule has 0 aliphatic carbocycles. The lowest BCUT2D eigenvalue weighted by Gasteiger charge is -2.03. The average Bonchev–Trinajstić information content (AvgIpc) is 2.71. The van der Waals surface area contributed by atoms with E-state index < -0.39 is 12.0 Å². The number of nitrogens with one attached hydrogen (secondary N) is 2. The van der Waals surface area contributed by atoms with Crippen LogP contribution in [0, 0.1) is 0 Å². The highest BCUT2D eigenvalue weighted by atomic mass is 127. The van der Waals surface area contributed by atoms with E-state index in [4.69, 9.17) is 5.73 Å². The Bertz CT molecular complexity index is 453. The monoisotopic (exact) mass is 390 g/mol. The van der Waals surface area contributed by atoms with Gasteiger partial charge < -0.3 is 11.1 Å². The Hall–Kier alpha value is -1.33. The van der Waals surface area contributed by atoms with E-state index in [-0.39, 0.29) is 42.3 Å². The highest BCUT2D eigenvalue weighted by Crippen LogP contribution is 2.25. The van der Waals surface area contributed by atoms with Crippen LogP contribution in [0.4, 0.5) is 13.2 Å². The van der Waals surface area contributed by atoms with Crippen LogP contribution in [-0.2, 0) is 12.7 Å². The molecule has 6 nitrogen and oxygen atoms in total. The van der Waals surface area contributed by atoms with Gasteiger partial charge in [0, 0.05) is 6.54 Å². The van der Waals surface area contributed by atoms with E-state index in [1.807, 2.05) is 0 Å². The molecule has 0 amide bonds. The van der Waals surface area contributed by atoms with Crippen LogP contribution in [0.3, 0.4) is 0 Å². The predicted octanol–water partition coefficient (Wildman–Crippen LogP) is 1.42. The molecule has 0 aromatic carbocycles. The van der Waals surface area contributed by atoms with Crippen LogP contribution in [-0.4, -0.2) is 27.7 Å². The van der Waals surface area contributed by atoms with Gasteiger partial charge in [-0.15, -0.1) is 29.1 Å². The summed E-state index contributed by atoms with van der Waals surface area (Å²) in [5.74, 6) is -1.13. The number of aliphatic imine (C=N–C) groups is 1. The van der Waals surface area contributed by atoms with Crippen molar-refractivity contribution in [3.05, 3.63) is 23.8 Å². The largest absolute Gasteiger partial charge is 0.453 e. The minimum atomic E-state index is -4.57. The summed E-state index contributed by atoms with van der Waals surface area (Å²) in [6.45, 7) is 5.78. The molecule has 0 atom stereocenters. The SMILES string of the molecule is C=C(C)CNC(N)=NCc1nc(C(F)(F)F)n[nH]1.I. The van der Waals surface area contributed by atoms with Gasteiger partial charge in [0.15, 0.2) is 5.96 Å². The van der Waals surface area contributed by atoms with Crippen LogP contribution >= 0.6 is 24.0 Å². The first kappa shape index (κ1) is 17.7. The number of aromatic nitrogens is 3. The Morgan fingerprint density at radius 2 is 2.16 bits per heavy atom. The van der Waals surface area contributed by atoms with E-state index in [0.29, 0.717) is 6.54 Å². The number of guanidine groups is 1. The van der Waals surface area contributed by atoms with Crippen LogP contribution in [0.25, 0.3) is 0 Å². The zero-order valence-electron chi connectivity index (χ0n) is 10.1.